The minimum Gasteiger partial charge on any atom is -0.483 e. The molecule has 2 fully saturated rings. The molecule has 0 aliphatic carbocycles. The van der Waals surface area contributed by atoms with Gasteiger partial charge in [0.15, 0.2) is 6.61 Å². The summed E-state index contributed by atoms with van der Waals surface area (Å²) in [5, 5.41) is 0. The minimum absolute atomic E-state index is 0.00557. The van der Waals surface area contributed by atoms with E-state index in [0.29, 0.717) is 6.04 Å². The van der Waals surface area contributed by atoms with Gasteiger partial charge in [0.1, 0.15) is 5.75 Å². The van der Waals surface area contributed by atoms with Crippen molar-refractivity contribution in [2.45, 2.75) is 57.9 Å². The monoisotopic (exact) mass is 344 g/mol. The average molecular weight is 344 g/mol. The normalized spacial score (nSPS) is 22.2. The summed E-state index contributed by atoms with van der Waals surface area (Å²) in [6, 6.07) is 8.60. The van der Waals surface area contributed by atoms with E-state index in [2.05, 4.69) is 31.7 Å². The van der Waals surface area contributed by atoms with Gasteiger partial charge in [-0.1, -0.05) is 39.0 Å². The number of piperidine rings is 1. The second kappa shape index (κ2) is 7.77. The molecule has 2 aliphatic heterocycles. The van der Waals surface area contributed by atoms with Gasteiger partial charge in [0.2, 0.25) is 0 Å². The Morgan fingerprint density at radius 2 is 1.84 bits per heavy atom. The highest BCUT2D eigenvalue weighted by molar-refractivity contribution is 5.78. The van der Waals surface area contributed by atoms with E-state index in [0.717, 1.165) is 30.8 Å². The third kappa shape index (κ3) is 4.55. The molecule has 2 saturated heterocycles. The highest BCUT2D eigenvalue weighted by atomic mass is 16.5. The molecule has 4 nitrogen and oxygen atoms in total. The van der Waals surface area contributed by atoms with Crippen molar-refractivity contribution in [3.8, 4) is 5.75 Å². The van der Waals surface area contributed by atoms with Crippen LogP contribution in [0.25, 0.3) is 0 Å². The molecule has 0 radical (unpaired) electrons. The highest BCUT2D eigenvalue weighted by Crippen LogP contribution is 2.31. The lowest BCUT2D eigenvalue weighted by Crippen LogP contribution is -2.50. The van der Waals surface area contributed by atoms with Gasteiger partial charge in [-0.3, -0.25) is 9.69 Å². The lowest BCUT2D eigenvalue weighted by Gasteiger charge is -2.37. The van der Waals surface area contributed by atoms with Crippen LogP contribution >= 0.6 is 0 Å². The van der Waals surface area contributed by atoms with Crippen LogP contribution in [0.2, 0.25) is 0 Å². The molecular formula is C21H32N2O2. The van der Waals surface area contributed by atoms with Crippen LogP contribution < -0.4 is 4.74 Å². The van der Waals surface area contributed by atoms with Crippen LogP contribution in [0.3, 0.4) is 0 Å². The predicted molar refractivity (Wildman–Crippen MR) is 101 cm³/mol. The number of rotatable bonds is 4. The summed E-state index contributed by atoms with van der Waals surface area (Å²) < 4.78 is 5.93. The lowest BCUT2D eigenvalue weighted by molar-refractivity contribution is -0.135. The first-order chi connectivity index (χ1) is 11.9. The number of nitrogens with zero attached hydrogens (tertiary/aromatic N) is 2. The average Bonchev–Trinajstić information content (AvgIpc) is 3.14. The maximum atomic E-state index is 12.7. The lowest BCUT2D eigenvalue weighted by atomic mass is 9.86. The summed E-state index contributed by atoms with van der Waals surface area (Å²) in [5.41, 5.74) is 1.16. The summed E-state index contributed by atoms with van der Waals surface area (Å²) in [7, 11) is 0. The molecule has 1 atom stereocenters. The number of hydrogen-bond donors (Lipinski definition) is 0. The zero-order valence-corrected chi connectivity index (χ0v) is 16.0. The zero-order chi connectivity index (χ0) is 17.9. The Kier molecular flexibility index (Phi) is 5.67. The van der Waals surface area contributed by atoms with Gasteiger partial charge in [-0.25, -0.2) is 0 Å². The van der Waals surface area contributed by atoms with E-state index in [9.17, 15) is 4.79 Å². The molecule has 2 aliphatic rings. The van der Waals surface area contributed by atoms with Gasteiger partial charge in [0, 0.05) is 19.1 Å². The van der Waals surface area contributed by atoms with Crippen LogP contribution in [0.4, 0.5) is 0 Å². The Hall–Kier alpha value is -1.55. The van der Waals surface area contributed by atoms with Crippen LogP contribution in [-0.2, 0) is 10.2 Å². The van der Waals surface area contributed by atoms with Crippen molar-refractivity contribution in [1.29, 1.82) is 0 Å². The molecule has 3 rings (SSSR count). The largest absolute Gasteiger partial charge is 0.483 e. The first-order valence-electron chi connectivity index (χ1n) is 9.69. The molecule has 0 bridgehead atoms. The van der Waals surface area contributed by atoms with Crippen molar-refractivity contribution < 1.29 is 9.53 Å². The molecule has 1 aromatic rings. The predicted octanol–water partition coefficient (Wildman–Crippen LogP) is 3.45. The third-order valence-electron chi connectivity index (χ3n) is 5.45. The fourth-order valence-electron chi connectivity index (χ4n) is 4.03. The Labute approximate surface area is 152 Å². The van der Waals surface area contributed by atoms with Gasteiger partial charge in [-0.15, -0.1) is 0 Å². The smallest absolute Gasteiger partial charge is 0.260 e. The van der Waals surface area contributed by atoms with Crippen LogP contribution in [-0.4, -0.2) is 54.5 Å². The van der Waals surface area contributed by atoms with E-state index in [1.807, 2.05) is 23.1 Å². The molecule has 2 heterocycles. The highest BCUT2D eigenvalue weighted by Gasteiger charge is 2.29. The van der Waals surface area contributed by atoms with Crippen molar-refractivity contribution in [2.75, 3.05) is 32.8 Å². The van der Waals surface area contributed by atoms with Crippen LogP contribution in [0.5, 0.6) is 5.75 Å². The van der Waals surface area contributed by atoms with E-state index in [1.54, 1.807) is 0 Å². The number of likely N-dealkylation sites (tertiary alicyclic amines) is 2. The van der Waals surface area contributed by atoms with E-state index in [-0.39, 0.29) is 17.9 Å². The first-order valence-corrected chi connectivity index (χ1v) is 9.69. The summed E-state index contributed by atoms with van der Waals surface area (Å²) in [6.07, 6.45) is 4.93. The van der Waals surface area contributed by atoms with Crippen molar-refractivity contribution in [1.82, 2.24) is 9.80 Å². The molecule has 1 amide bonds. The number of benzene rings is 1. The maximum absolute atomic E-state index is 12.7. The fourth-order valence-corrected chi connectivity index (χ4v) is 4.03. The summed E-state index contributed by atoms with van der Waals surface area (Å²) in [5.74, 6) is 0.948. The number of hydrogen-bond acceptors (Lipinski definition) is 3. The Morgan fingerprint density at radius 1 is 1.12 bits per heavy atom. The van der Waals surface area contributed by atoms with Crippen molar-refractivity contribution in [3.63, 3.8) is 0 Å². The molecule has 0 N–H and O–H groups in total. The molecule has 4 heteroatoms. The van der Waals surface area contributed by atoms with E-state index >= 15 is 0 Å². The van der Waals surface area contributed by atoms with Crippen molar-refractivity contribution in [2.24, 2.45) is 0 Å². The van der Waals surface area contributed by atoms with Gasteiger partial charge in [-0.2, -0.15) is 0 Å². The fraction of sp³-hybridized carbons (Fsp3) is 0.667. The third-order valence-corrected chi connectivity index (χ3v) is 5.45. The topological polar surface area (TPSA) is 32.8 Å². The van der Waals surface area contributed by atoms with Gasteiger partial charge >= 0.3 is 0 Å². The minimum atomic E-state index is 0.00557. The molecular weight excluding hydrogens is 312 g/mol. The Bertz CT molecular complexity index is 588. The van der Waals surface area contributed by atoms with Gasteiger partial charge < -0.3 is 9.64 Å². The van der Waals surface area contributed by atoms with Crippen molar-refractivity contribution >= 4 is 5.91 Å². The zero-order valence-electron chi connectivity index (χ0n) is 16.0. The Morgan fingerprint density at radius 3 is 2.56 bits per heavy atom. The van der Waals surface area contributed by atoms with Crippen LogP contribution in [0.1, 0.15) is 52.0 Å². The Balaban J connectivity index is 1.57. The molecule has 138 valence electrons. The number of carbonyl (C=O) groups is 1. The molecule has 25 heavy (non-hydrogen) atoms. The second-order valence-electron chi connectivity index (χ2n) is 8.41. The van der Waals surface area contributed by atoms with Crippen LogP contribution in [0, 0.1) is 0 Å². The molecule has 1 unspecified atom stereocenters. The van der Waals surface area contributed by atoms with E-state index in [4.69, 9.17) is 4.74 Å². The van der Waals surface area contributed by atoms with Crippen LogP contribution in [0.15, 0.2) is 24.3 Å². The number of ether oxygens (including phenoxy) is 1. The molecule has 0 aromatic heterocycles. The molecule has 0 spiro atoms. The van der Waals surface area contributed by atoms with Gasteiger partial charge in [-0.05, 0) is 55.8 Å². The van der Waals surface area contributed by atoms with Crippen molar-refractivity contribution in [3.05, 3.63) is 29.8 Å². The second-order valence-corrected chi connectivity index (χ2v) is 8.41. The summed E-state index contributed by atoms with van der Waals surface area (Å²) in [4.78, 5) is 17.2. The quantitative estimate of drug-likeness (QED) is 0.839. The maximum Gasteiger partial charge on any atom is 0.260 e. The first kappa shape index (κ1) is 18.2. The standard InChI is InChI=1S/C21H32N2O2/c1-21(2,3)18-10-4-5-11-19(18)25-16-20(24)23-14-8-9-17(15-23)22-12-6-7-13-22/h4-5,10-11,17H,6-9,12-16H2,1-3H3. The summed E-state index contributed by atoms with van der Waals surface area (Å²) >= 11 is 0. The summed E-state index contributed by atoms with van der Waals surface area (Å²) in [6.45, 7) is 10.8. The van der Waals surface area contributed by atoms with E-state index < -0.39 is 0 Å². The number of carbonyl (C=O) groups excluding carboxylic acids is 1. The van der Waals surface area contributed by atoms with Gasteiger partial charge in [0.05, 0.1) is 0 Å². The number of amides is 1. The van der Waals surface area contributed by atoms with Gasteiger partial charge in [0.25, 0.3) is 5.91 Å². The number of para-hydroxylation sites is 1. The SMILES string of the molecule is CC(C)(C)c1ccccc1OCC(=O)N1CCCC(N2CCCC2)C1. The van der Waals surface area contributed by atoms with E-state index in [1.165, 1.54) is 32.4 Å². The molecule has 0 saturated carbocycles. The molecule has 1 aromatic carbocycles.